The van der Waals surface area contributed by atoms with Crippen LogP contribution in [0.2, 0.25) is 0 Å². The van der Waals surface area contributed by atoms with Gasteiger partial charge in [-0.05, 0) is 53.2 Å². The molecule has 0 aromatic heterocycles. The van der Waals surface area contributed by atoms with E-state index < -0.39 is 18.2 Å². The number of aliphatic hydroxyl groups excluding tert-OH is 1. The van der Waals surface area contributed by atoms with Crippen molar-refractivity contribution in [2.24, 2.45) is 23.7 Å². The summed E-state index contributed by atoms with van der Waals surface area (Å²) in [6.45, 7) is 0.280. The van der Waals surface area contributed by atoms with Crippen LogP contribution in [0.1, 0.15) is 29.5 Å². The molecule has 5 atom stereocenters. The fourth-order valence-corrected chi connectivity index (χ4v) is 6.65. The Morgan fingerprint density at radius 1 is 0.973 bits per heavy atom. The van der Waals surface area contributed by atoms with Crippen LogP contribution in [0.5, 0.6) is 5.75 Å². The lowest BCUT2D eigenvalue weighted by atomic mass is 9.60. The van der Waals surface area contributed by atoms with Gasteiger partial charge in [0.2, 0.25) is 11.8 Å². The number of piperidine rings is 1. The first kappa shape index (κ1) is 24.2. The Morgan fingerprint density at radius 2 is 1.68 bits per heavy atom. The van der Waals surface area contributed by atoms with E-state index in [1.165, 1.54) is 30.1 Å². The highest BCUT2D eigenvalue weighted by molar-refractivity contribution is 6.07. The van der Waals surface area contributed by atoms with Gasteiger partial charge in [0.1, 0.15) is 5.75 Å². The number of benzene rings is 2. The van der Waals surface area contributed by atoms with Crippen LogP contribution >= 0.6 is 0 Å². The third kappa shape index (κ3) is 4.14. The minimum absolute atomic E-state index is 0.0146. The fourth-order valence-electron chi connectivity index (χ4n) is 6.65. The zero-order valence-electron chi connectivity index (χ0n) is 20.2. The van der Waals surface area contributed by atoms with Gasteiger partial charge in [-0.1, -0.05) is 42.5 Å². The highest BCUT2D eigenvalue weighted by Gasteiger charge is 2.64. The minimum atomic E-state index is -4.78. The van der Waals surface area contributed by atoms with E-state index >= 15 is 0 Å². The number of nitrogens with zero attached hydrogens (tertiary/aromatic N) is 2. The molecule has 2 bridgehead atoms. The molecule has 2 amide bonds. The van der Waals surface area contributed by atoms with E-state index in [1.54, 1.807) is 6.07 Å². The Labute approximate surface area is 212 Å². The van der Waals surface area contributed by atoms with Crippen molar-refractivity contribution in [3.8, 4) is 5.75 Å². The number of aliphatic hydroxyl groups is 1. The maximum atomic E-state index is 13.4. The molecule has 2 aromatic rings. The maximum absolute atomic E-state index is 13.4. The quantitative estimate of drug-likeness (QED) is 0.593. The molecule has 1 N–H and O–H groups in total. The molecule has 3 heterocycles. The van der Waals surface area contributed by atoms with E-state index in [1.807, 2.05) is 24.3 Å². The van der Waals surface area contributed by atoms with E-state index in [0.717, 1.165) is 29.5 Å². The van der Waals surface area contributed by atoms with Crippen LogP contribution in [-0.4, -0.2) is 52.2 Å². The van der Waals surface area contributed by atoms with Crippen molar-refractivity contribution in [1.82, 2.24) is 9.80 Å². The number of imide groups is 1. The van der Waals surface area contributed by atoms with Crippen molar-refractivity contribution in [1.29, 1.82) is 0 Å². The van der Waals surface area contributed by atoms with Crippen molar-refractivity contribution in [3.05, 3.63) is 71.3 Å². The normalized spacial score (nSPS) is 29.5. The average molecular weight is 513 g/mol. The Morgan fingerprint density at radius 3 is 2.32 bits per heavy atom. The molecular weight excluding hydrogens is 485 g/mol. The number of fused-ring (bicyclic) bond motifs is 1. The Hall–Kier alpha value is -3.17. The molecule has 7 rings (SSSR count). The SMILES string of the molecule is CN1C(=O)C2C(C1=O)C1C=C(c3ccc(CO)cc3)C2C(C2CC2)N1Cc1cccc(OC(F)(F)F)c1. The summed E-state index contributed by atoms with van der Waals surface area (Å²) in [5.74, 6) is -1.48. The summed E-state index contributed by atoms with van der Waals surface area (Å²) in [5.41, 5.74) is 3.45. The molecule has 2 aliphatic carbocycles. The summed E-state index contributed by atoms with van der Waals surface area (Å²) in [6, 6.07) is 13.2. The number of ether oxygens (including phenoxy) is 1. The number of hydrogen-bond donors (Lipinski definition) is 1. The Kier molecular flexibility index (Phi) is 5.69. The molecule has 5 unspecified atom stereocenters. The molecule has 3 aliphatic heterocycles. The Balaban J connectivity index is 1.41. The molecule has 2 saturated heterocycles. The first-order valence-corrected chi connectivity index (χ1v) is 12.5. The van der Waals surface area contributed by atoms with Crippen molar-refractivity contribution < 1.29 is 32.6 Å². The van der Waals surface area contributed by atoms with Gasteiger partial charge in [0.15, 0.2) is 0 Å². The van der Waals surface area contributed by atoms with Crippen LogP contribution in [0.4, 0.5) is 13.2 Å². The zero-order valence-corrected chi connectivity index (χ0v) is 20.2. The van der Waals surface area contributed by atoms with Gasteiger partial charge in [0.25, 0.3) is 0 Å². The average Bonchev–Trinajstić information content (AvgIpc) is 3.68. The number of halogens is 3. The lowest BCUT2D eigenvalue weighted by Gasteiger charge is -2.55. The lowest BCUT2D eigenvalue weighted by Crippen LogP contribution is -2.62. The van der Waals surface area contributed by atoms with Gasteiger partial charge in [-0.15, -0.1) is 13.2 Å². The van der Waals surface area contributed by atoms with Gasteiger partial charge in [0, 0.05) is 31.6 Å². The van der Waals surface area contributed by atoms with Crippen LogP contribution in [0.15, 0.2) is 54.6 Å². The molecule has 3 fully saturated rings. The monoisotopic (exact) mass is 512 g/mol. The van der Waals surface area contributed by atoms with Gasteiger partial charge >= 0.3 is 6.36 Å². The number of likely N-dealkylation sites (tertiary alicyclic amines) is 1. The molecule has 1 saturated carbocycles. The molecule has 194 valence electrons. The second-order valence-corrected chi connectivity index (χ2v) is 10.5. The molecule has 37 heavy (non-hydrogen) atoms. The Bertz CT molecular complexity index is 1270. The minimum Gasteiger partial charge on any atom is -0.406 e. The fraction of sp³-hybridized carbons (Fsp3) is 0.429. The zero-order chi connectivity index (χ0) is 26.1. The lowest BCUT2D eigenvalue weighted by molar-refractivity contribution is -0.274. The van der Waals surface area contributed by atoms with Crippen molar-refractivity contribution in [2.45, 2.75) is 44.4 Å². The van der Waals surface area contributed by atoms with Gasteiger partial charge < -0.3 is 9.84 Å². The molecular formula is C28H27F3N2O4. The third-order valence-electron chi connectivity index (χ3n) is 8.29. The predicted octanol–water partition coefficient (Wildman–Crippen LogP) is 3.98. The summed E-state index contributed by atoms with van der Waals surface area (Å²) in [5, 5.41) is 9.46. The first-order valence-electron chi connectivity index (χ1n) is 12.5. The van der Waals surface area contributed by atoms with Crippen LogP contribution in [0, 0.1) is 23.7 Å². The predicted molar refractivity (Wildman–Crippen MR) is 128 cm³/mol. The van der Waals surface area contributed by atoms with E-state index in [-0.39, 0.29) is 42.2 Å². The maximum Gasteiger partial charge on any atom is 0.573 e. The van der Waals surface area contributed by atoms with Crippen molar-refractivity contribution in [3.63, 3.8) is 0 Å². The summed E-state index contributed by atoms with van der Waals surface area (Å²) in [6.07, 6.45) is -0.683. The van der Waals surface area contributed by atoms with Crippen LogP contribution in [0.3, 0.4) is 0 Å². The number of hydrogen-bond acceptors (Lipinski definition) is 5. The molecule has 2 aromatic carbocycles. The van der Waals surface area contributed by atoms with E-state index in [2.05, 4.69) is 15.7 Å². The van der Waals surface area contributed by atoms with Gasteiger partial charge in [-0.2, -0.15) is 0 Å². The second kappa shape index (κ2) is 8.70. The first-order chi connectivity index (χ1) is 17.7. The van der Waals surface area contributed by atoms with Crippen molar-refractivity contribution in [2.75, 3.05) is 7.05 Å². The molecule has 0 radical (unpaired) electrons. The number of alkyl halides is 3. The van der Waals surface area contributed by atoms with Crippen molar-refractivity contribution >= 4 is 17.4 Å². The summed E-state index contributed by atoms with van der Waals surface area (Å²) < 4.78 is 42.6. The number of carbonyl (C=O) groups excluding carboxylic acids is 2. The summed E-state index contributed by atoms with van der Waals surface area (Å²) >= 11 is 0. The molecule has 0 spiro atoms. The summed E-state index contributed by atoms with van der Waals surface area (Å²) in [4.78, 5) is 30.1. The third-order valence-corrected chi connectivity index (χ3v) is 8.29. The van der Waals surface area contributed by atoms with Gasteiger partial charge in [-0.25, -0.2) is 0 Å². The number of rotatable bonds is 6. The van der Waals surface area contributed by atoms with E-state index in [9.17, 15) is 27.9 Å². The number of amides is 2. The molecule has 9 heteroatoms. The van der Waals surface area contributed by atoms with Crippen LogP contribution in [-0.2, 0) is 22.7 Å². The van der Waals surface area contributed by atoms with Crippen LogP contribution in [0.25, 0.3) is 5.57 Å². The van der Waals surface area contributed by atoms with Gasteiger partial charge in [0.05, 0.1) is 18.4 Å². The van der Waals surface area contributed by atoms with Crippen LogP contribution < -0.4 is 4.74 Å². The topological polar surface area (TPSA) is 70.1 Å². The second-order valence-electron chi connectivity index (χ2n) is 10.5. The smallest absolute Gasteiger partial charge is 0.406 e. The van der Waals surface area contributed by atoms with E-state index in [4.69, 9.17) is 0 Å². The highest BCUT2D eigenvalue weighted by atomic mass is 19.4. The largest absolute Gasteiger partial charge is 0.573 e. The highest BCUT2D eigenvalue weighted by Crippen LogP contribution is 2.58. The standard InChI is InChI=1S/C28H27F3N2O4/c1-32-26(35)23-21-12-20(17-7-5-15(14-34)6-8-17)22(24(23)27(32)36)25(18-9-10-18)33(21)13-16-3-2-4-19(11-16)37-28(29,30)31/h2-8,11-12,18,21-25,34H,9-10,13-14H2,1H3. The molecule has 6 nitrogen and oxygen atoms in total. The summed E-state index contributed by atoms with van der Waals surface area (Å²) in [7, 11) is 1.53. The van der Waals surface area contributed by atoms with Gasteiger partial charge in [-0.3, -0.25) is 19.4 Å². The molecule has 5 aliphatic rings. The van der Waals surface area contributed by atoms with E-state index in [0.29, 0.717) is 18.0 Å². The number of carbonyl (C=O) groups is 2.